The molecule has 0 saturated heterocycles. The SMILES string of the molecule is COc1ccc(-c2ccsn2)cc1OP(=O)(O)O. The Kier molecular flexibility index (Phi) is 3.68. The quantitative estimate of drug-likeness (QED) is 0.839. The first-order chi connectivity index (χ1) is 8.49. The van der Waals surface area contributed by atoms with Gasteiger partial charge in [-0.3, -0.25) is 9.79 Å². The summed E-state index contributed by atoms with van der Waals surface area (Å²) in [6, 6.07) is 6.58. The van der Waals surface area contributed by atoms with Crippen LogP contribution in [-0.4, -0.2) is 21.3 Å². The third-order valence-corrected chi connectivity index (χ3v) is 3.11. The molecule has 1 heterocycles. The Hall–Kier alpha value is -1.40. The van der Waals surface area contributed by atoms with E-state index in [4.69, 9.17) is 14.5 Å². The molecule has 0 atom stereocenters. The zero-order valence-electron chi connectivity index (χ0n) is 9.31. The maximum atomic E-state index is 10.9. The highest BCUT2D eigenvalue weighted by Gasteiger charge is 2.19. The second-order valence-electron chi connectivity index (χ2n) is 3.33. The van der Waals surface area contributed by atoms with E-state index in [1.54, 1.807) is 18.2 Å². The standard InChI is InChI=1S/C10H10NO5PS/c1-15-9-3-2-7(8-4-5-18-11-8)6-10(9)16-17(12,13)14/h2-6H,1H3,(H2,12,13,14). The van der Waals surface area contributed by atoms with Gasteiger partial charge in [-0.25, -0.2) is 4.57 Å². The van der Waals surface area contributed by atoms with E-state index in [0.717, 1.165) is 0 Å². The number of phosphoric ester groups is 1. The normalized spacial score (nSPS) is 11.3. The van der Waals surface area contributed by atoms with Crippen LogP contribution in [0.5, 0.6) is 11.5 Å². The minimum Gasteiger partial charge on any atom is -0.493 e. The van der Waals surface area contributed by atoms with Crippen LogP contribution < -0.4 is 9.26 Å². The fraction of sp³-hybridized carbons (Fsp3) is 0.100. The second-order valence-corrected chi connectivity index (χ2v) is 5.16. The third-order valence-electron chi connectivity index (χ3n) is 2.11. The first-order valence-corrected chi connectivity index (χ1v) is 7.20. The highest BCUT2D eigenvalue weighted by Crippen LogP contribution is 2.43. The van der Waals surface area contributed by atoms with Gasteiger partial charge in [0.05, 0.1) is 12.8 Å². The Morgan fingerprint density at radius 1 is 1.28 bits per heavy atom. The van der Waals surface area contributed by atoms with Gasteiger partial charge in [-0.1, -0.05) is 0 Å². The summed E-state index contributed by atoms with van der Waals surface area (Å²) in [5, 5.41) is 1.81. The van der Waals surface area contributed by atoms with Crippen molar-refractivity contribution in [3.8, 4) is 22.8 Å². The van der Waals surface area contributed by atoms with Crippen LogP contribution in [0.15, 0.2) is 29.6 Å². The van der Waals surface area contributed by atoms with Crippen molar-refractivity contribution in [2.75, 3.05) is 7.11 Å². The van der Waals surface area contributed by atoms with E-state index in [9.17, 15) is 4.57 Å². The van der Waals surface area contributed by atoms with Crippen molar-refractivity contribution in [1.29, 1.82) is 0 Å². The number of rotatable bonds is 4. The van der Waals surface area contributed by atoms with E-state index < -0.39 is 7.82 Å². The van der Waals surface area contributed by atoms with Crippen LogP contribution in [0.2, 0.25) is 0 Å². The molecule has 2 N–H and O–H groups in total. The minimum atomic E-state index is -4.62. The second kappa shape index (κ2) is 5.07. The lowest BCUT2D eigenvalue weighted by atomic mass is 10.1. The number of methoxy groups -OCH3 is 1. The van der Waals surface area contributed by atoms with Crippen molar-refractivity contribution >= 4 is 19.4 Å². The first-order valence-electron chi connectivity index (χ1n) is 4.83. The molecule has 0 saturated carbocycles. The molecule has 0 radical (unpaired) electrons. The van der Waals surface area contributed by atoms with Crippen LogP contribution >= 0.6 is 19.4 Å². The first kappa shape index (κ1) is 13.0. The van der Waals surface area contributed by atoms with Gasteiger partial charge in [0.2, 0.25) is 0 Å². The molecule has 0 aliphatic rings. The molecule has 0 unspecified atom stereocenters. The van der Waals surface area contributed by atoms with E-state index in [1.165, 1.54) is 24.7 Å². The van der Waals surface area contributed by atoms with Crippen LogP contribution in [0.1, 0.15) is 0 Å². The number of hydrogen-bond donors (Lipinski definition) is 2. The molecule has 0 spiro atoms. The Morgan fingerprint density at radius 3 is 2.61 bits per heavy atom. The molecule has 2 aromatic rings. The lowest BCUT2D eigenvalue weighted by Gasteiger charge is -2.11. The highest BCUT2D eigenvalue weighted by atomic mass is 32.1. The van der Waals surface area contributed by atoms with Gasteiger partial charge < -0.3 is 9.26 Å². The molecular formula is C10H10NO5PS. The topological polar surface area (TPSA) is 88.9 Å². The summed E-state index contributed by atoms with van der Waals surface area (Å²) in [6.07, 6.45) is 0. The molecule has 0 fully saturated rings. The Morgan fingerprint density at radius 2 is 2.06 bits per heavy atom. The predicted octanol–water partition coefficient (Wildman–Crippen LogP) is 2.29. The number of hydrogen-bond acceptors (Lipinski definition) is 5. The summed E-state index contributed by atoms with van der Waals surface area (Å²) < 4.78 is 24.6. The molecule has 0 aliphatic heterocycles. The van der Waals surface area contributed by atoms with E-state index in [-0.39, 0.29) is 11.5 Å². The van der Waals surface area contributed by atoms with Crippen LogP contribution in [0.3, 0.4) is 0 Å². The molecule has 0 aliphatic carbocycles. The van der Waals surface area contributed by atoms with Crippen LogP contribution in [0.4, 0.5) is 0 Å². The zero-order chi connectivity index (χ0) is 13.2. The molecule has 0 amide bonds. The highest BCUT2D eigenvalue weighted by molar-refractivity contribution is 7.46. The van der Waals surface area contributed by atoms with Crippen molar-refractivity contribution in [2.45, 2.75) is 0 Å². The fourth-order valence-electron chi connectivity index (χ4n) is 1.40. The molecule has 1 aromatic heterocycles. The average Bonchev–Trinajstić information content (AvgIpc) is 2.80. The van der Waals surface area contributed by atoms with Crippen molar-refractivity contribution in [1.82, 2.24) is 4.37 Å². The molecule has 1 aromatic carbocycles. The van der Waals surface area contributed by atoms with Crippen molar-refractivity contribution in [2.24, 2.45) is 0 Å². The van der Waals surface area contributed by atoms with Crippen LogP contribution in [-0.2, 0) is 4.57 Å². The average molecular weight is 287 g/mol. The van der Waals surface area contributed by atoms with Gasteiger partial charge in [-0.2, -0.15) is 4.37 Å². The molecule has 18 heavy (non-hydrogen) atoms. The third kappa shape index (κ3) is 3.08. The lowest BCUT2D eigenvalue weighted by Crippen LogP contribution is -1.94. The largest absolute Gasteiger partial charge is 0.524 e. The Balaban J connectivity index is 2.42. The molecule has 6 nitrogen and oxygen atoms in total. The zero-order valence-corrected chi connectivity index (χ0v) is 11.0. The van der Waals surface area contributed by atoms with Gasteiger partial charge in [0, 0.05) is 10.9 Å². The number of nitrogens with zero attached hydrogens (tertiary/aromatic N) is 1. The van der Waals surface area contributed by atoms with Crippen molar-refractivity contribution in [3.05, 3.63) is 29.6 Å². The van der Waals surface area contributed by atoms with Crippen LogP contribution in [0, 0.1) is 0 Å². The summed E-state index contributed by atoms with van der Waals surface area (Å²) in [7, 11) is -3.23. The smallest absolute Gasteiger partial charge is 0.493 e. The number of aromatic nitrogens is 1. The van der Waals surface area contributed by atoms with Gasteiger partial charge in [0.25, 0.3) is 0 Å². The number of ether oxygens (including phenoxy) is 1. The lowest BCUT2D eigenvalue weighted by molar-refractivity contribution is 0.276. The fourth-order valence-corrected chi connectivity index (χ4v) is 2.33. The van der Waals surface area contributed by atoms with E-state index in [2.05, 4.69) is 8.90 Å². The van der Waals surface area contributed by atoms with E-state index in [0.29, 0.717) is 11.3 Å². The van der Waals surface area contributed by atoms with Gasteiger partial charge in [-0.05, 0) is 35.8 Å². The molecular weight excluding hydrogens is 277 g/mol. The number of phosphoric acid groups is 1. The maximum absolute atomic E-state index is 10.9. The monoisotopic (exact) mass is 287 g/mol. The summed E-state index contributed by atoms with van der Waals surface area (Å²) >= 11 is 1.29. The van der Waals surface area contributed by atoms with Gasteiger partial charge in [-0.15, -0.1) is 0 Å². The van der Waals surface area contributed by atoms with Gasteiger partial charge in [0.1, 0.15) is 0 Å². The molecule has 2 rings (SSSR count). The van der Waals surface area contributed by atoms with Crippen molar-refractivity contribution in [3.63, 3.8) is 0 Å². The van der Waals surface area contributed by atoms with E-state index >= 15 is 0 Å². The minimum absolute atomic E-state index is 0.0173. The summed E-state index contributed by atoms with van der Waals surface area (Å²) in [5.41, 5.74) is 1.40. The number of benzene rings is 1. The summed E-state index contributed by atoms with van der Waals surface area (Å²) in [6.45, 7) is 0. The predicted molar refractivity (Wildman–Crippen MR) is 66.8 cm³/mol. The Labute approximate surface area is 107 Å². The van der Waals surface area contributed by atoms with Gasteiger partial charge in [0.15, 0.2) is 11.5 Å². The van der Waals surface area contributed by atoms with Crippen molar-refractivity contribution < 1.29 is 23.6 Å². The Bertz CT molecular complexity index is 580. The molecule has 0 bridgehead atoms. The van der Waals surface area contributed by atoms with Gasteiger partial charge >= 0.3 is 7.82 Å². The maximum Gasteiger partial charge on any atom is 0.524 e. The molecule has 8 heteroatoms. The molecule has 96 valence electrons. The van der Waals surface area contributed by atoms with E-state index in [1.807, 2.05) is 5.38 Å². The summed E-state index contributed by atoms with van der Waals surface area (Å²) in [5.74, 6) is 0.230. The van der Waals surface area contributed by atoms with Crippen LogP contribution in [0.25, 0.3) is 11.3 Å². The summed E-state index contributed by atoms with van der Waals surface area (Å²) in [4.78, 5) is 17.7.